The number of hydrogen-bond acceptors (Lipinski definition) is 2. The summed E-state index contributed by atoms with van der Waals surface area (Å²) in [6, 6.07) is 12.3. The summed E-state index contributed by atoms with van der Waals surface area (Å²) in [5.74, 6) is 0.192. The highest BCUT2D eigenvalue weighted by molar-refractivity contribution is 5.78. The molecule has 1 aliphatic carbocycles. The van der Waals surface area contributed by atoms with Gasteiger partial charge >= 0.3 is 0 Å². The fraction of sp³-hybridized carbons (Fsp3) is 0.222. The van der Waals surface area contributed by atoms with Gasteiger partial charge in [0.25, 0.3) is 0 Å². The van der Waals surface area contributed by atoms with Gasteiger partial charge in [0, 0.05) is 5.39 Å². The minimum absolute atomic E-state index is 0.301. The Kier molecular flexibility index (Phi) is 2.51. The second-order valence-corrected chi connectivity index (χ2v) is 5.81. The lowest BCUT2D eigenvalue weighted by molar-refractivity contribution is 0.0604. The zero-order chi connectivity index (χ0) is 14.6. The van der Waals surface area contributed by atoms with Crippen molar-refractivity contribution in [2.24, 2.45) is 0 Å². The van der Waals surface area contributed by atoms with Crippen molar-refractivity contribution >= 4 is 11.0 Å². The van der Waals surface area contributed by atoms with Crippen LogP contribution in [-0.4, -0.2) is 5.11 Å². The quantitative estimate of drug-likeness (QED) is 0.730. The van der Waals surface area contributed by atoms with E-state index in [0.717, 1.165) is 23.1 Å². The van der Waals surface area contributed by atoms with Crippen LogP contribution in [-0.2, 0) is 12.0 Å². The van der Waals surface area contributed by atoms with Crippen LogP contribution in [0.25, 0.3) is 11.0 Å². The smallest absolute Gasteiger partial charge is 0.148 e. The maximum atomic E-state index is 13.3. The van der Waals surface area contributed by atoms with Gasteiger partial charge in [0.1, 0.15) is 22.8 Å². The molecule has 0 fully saturated rings. The van der Waals surface area contributed by atoms with Gasteiger partial charge in [-0.3, -0.25) is 0 Å². The summed E-state index contributed by atoms with van der Waals surface area (Å²) in [5.41, 5.74) is 2.64. The SMILES string of the molecule is Cc1ccc2c(c1)C(O)(c1cc3cc(F)ccc3o1)CC2. The number of rotatable bonds is 1. The van der Waals surface area contributed by atoms with Crippen LogP contribution >= 0.6 is 0 Å². The average Bonchev–Trinajstić information content (AvgIpc) is 3.02. The van der Waals surface area contributed by atoms with Crippen molar-refractivity contribution in [3.05, 3.63) is 70.7 Å². The van der Waals surface area contributed by atoms with E-state index < -0.39 is 5.60 Å². The van der Waals surface area contributed by atoms with Crippen molar-refractivity contribution in [3.63, 3.8) is 0 Å². The topological polar surface area (TPSA) is 33.4 Å². The van der Waals surface area contributed by atoms with Crippen LogP contribution in [0.15, 0.2) is 46.9 Å². The third-order valence-electron chi connectivity index (χ3n) is 4.35. The van der Waals surface area contributed by atoms with Gasteiger partial charge in [-0.25, -0.2) is 4.39 Å². The van der Waals surface area contributed by atoms with Gasteiger partial charge in [-0.2, -0.15) is 0 Å². The second kappa shape index (κ2) is 4.18. The minimum Gasteiger partial charge on any atom is -0.458 e. The Labute approximate surface area is 121 Å². The zero-order valence-corrected chi connectivity index (χ0v) is 11.7. The Morgan fingerprint density at radius 1 is 1.14 bits per heavy atom. The first-order valence-corrected chi connectivity index (χ1v) is 7.08. The lowest BCUT2D eigenvalue weighted by Crippen LogP contribution is -2.23. The Morgan fingerprint density at radius 3 is 2.86 bits per heavy atom. The highest BCUT2D eigenvalue weighted by atomic mass is 19.1. The maximum absolute atomic E-state index is 13.3. The van der Waals surface area contributed by atoms with E-state index in [1.54, 1.807) is 12.1 Å². The summed E-state index contributed by atoms with van der Waals surface area (Å²) in [6.45, 7) is 2.01. The molecule has 106 valence electrons. The lowest BCUT2D eigenvalue weighted by Gasteiger charge is -2.21. The molecular weight excluding hydrogens is 267 g/mol. The molecule has 0 saturated carbocycles. The van der Waals surface area contributed by atoms with E-state index in [9.17, 15) is 9.50 Å². The third-order valence-corrected chi connectivity index (χ3v) is 4.35. The summed E-state index contributed by atoms with van der Waals surface area (Å²) < 4.78 is 19.1. The molecule has 1 N–H and O–H groups in total. The molecule has 1 unspecified atom stereocenters. The number of halogens is 1. The first kappa shape index (κ1) is 12.6. The van der Waals surface area contributed by atoms with Crippen molar-refractivity contribution < 1.29 is 13.9 Å². The van der Waals surface area contributed by atoms with Crippen molar-refractivity contribution in [1.82, 2.24) is 0 Å². The van der Waals surface area contributed by atoms with E-state index in [-0.39, 0.29) is 5.82 Å². The summed E-state index contributed by atoms with van der Waals surface area (Å²) in [5, 5.41) is 11.8. The van der Waals surface area contributed by atoms with E-state index >= 15 is 0 Å². The fourth-order valence-corrected chi connectivity index (χ4v) is 3.22. The van der Waals surface area contributed by atoms with Crippen LogP contribution in [0.1, 0.15) is 28.9 Å². The Morgan fingerprint density at radius 2 is 2.00 bits per heavy atom. The molecule has 0 radical (unpaired) electrons. The summed E-state index contributed by atoms with van der Waals surface area (Å²) in [4.78, 5) is 0. The minimum atomic E-state index is -1.11. The van der Waals surface area contributed by atoms with Crippen LogP contribution < -0.4 is 0 Å². The van der Waals surface area contributed by atoms with E-state index in [4.69, 9.17) is 4.42 Å². The second-order valence-electron chi connectivity index (χ2n) is 5.81. The number of aryl methyl sites for hydroxylation is 2. The number of hydrogen-bond donors (Lipinski definition) is 1. The molecule has 1 heterocycles. The lowest BCUT2D eigenvalue weighted by atomic mass is 9.92. The van der Waals surface area contributed by atoms with Gasteiger partial charge in [-0.1, -0.05) is 23.8 Å². The molecule has 1 atom stereocenters. The molecule has 2 nitrogen and oxygen atoms in total. The van der Waals surface area contributed by atoms with Crippen molar-refractivity contribution in [1.29, 1.82) is 0 Å². The molecule has 0 amide bonds. The highest BCUT2D eigenvalue weighted by Crippen LogP contribution is 2.44. The molecule has 1 aliphatic rings. The van der Waals surface area contributed by atoms with Crippen molar-refractivity contribution in [2.45, 2.75) is 25.4 Å². The van der Waals surface area contributed by atoms with Gasteiger partial charge in [-0.05, 0) is 55.2 Å². The van der Waals surface area contributed by atoms with Crippen LogP contribution in [0, 0.1) is 12.7 Å². The Balaban J connectivity index is 1.91. The van der Waals surface area contributed by atoms with Crippen molar-refractivity contribution in [2.75, 3.05) is 0 Å². The third kappa shape index (κ3) is 1.81. The predicted octanol–water partition coefficient (Wildman–Crippen LogP) is 4.06. The molecule has 2 aromatic carbocycles. The standard InChI is InChI=1S/C18H15FO2/c1-11-2-3-12-6-7-18(20,15(12)8-11)17-10-13-9-14(19)4-5-16(13)21-17/h2-5,8-10,20H,6-7H2,1H3. The molecule has 0 saturated heterocycles. The number of aliphatic hydroxyl groups is 1. The maximum Gasteiger partial charge on any atom is 0.148 e. The first-order valence-electron chi connectivity index (χ1n) is 7.08. The van der Waals surface area contributed by atoms with E-state index in [0.29, 0.717) is 23.2 Å². The normalized spacial score (nSPS) is 20.9. The molecule has 1 aromatic heterocycles. The number of furan rings is 1. The summed E-state index contributed by atoms with van der Waals surface area (Å²) >= 11 is 0. The van der Waals surface area contributed by atoms with Gasteiger partial charge in [0.15, 0.2) is 0 Å². The molecule has 4 rings (SSSR count). The van der Waals surface area contributed by atoms with E-state index in [1.807, 2.05) is 13.0 Å². The molecule has 0 aliphatic heterocycles. The Hall–Kier alpha value is -2.13. The zero-order valence-electron chi connectivity index (χ0n) is 11.7. The predicted molar refractivity (Wildman–Crippen MR) is 78.7 cm³/mol. The largest absolute Gasteiger partial charge is 0.458 e. The highest BCUT2D eigenvalue weighted by Gasteiger charge is 2.41. The van der Waals surface area contributed by atoms with Crippen LogP contribution in [0.4, 0.5) is 4.39 Å². The molecule has 3 heteroatoms. The van der Waals surface area contributed by atoms with Gasteiger partial charge < -0.3 is 9.52 Å². The number of benzene rings is 2. The fourth-order valence-electron chi connectivity index (χ4n) is 3.22. The van der Waals surface area contributed by atoms with Gasteiger partial charge in [0.2, 0.25) is 0 Å². The van der Waals surface area contributed by atoms with E-state index in [1.165, 1.54) is 12.1 Å². The van der Waals surface area contributed by atoms with Crippen LogP contribution in [0.3, 0.4) is 0 Å². The van der Waals surface area contributed by atoms with Crippen LogP contribution in [0.5, 0.6) is 0 Å². The van der Waals surface area contributed by atoms with E-state index in [2.05, 4.69) is 12.1 Å². The molecular formula is C18H15FO2. The van der Waals surface area contributed by atoms with Gasteiger partial charge in [0.05, 0.1) is 0 Å². The molecule has 0 bridgehead atoms. The van der Waals surface area contributed by atoms with Crippen molar-refractivity contribution in [3.8, 4) is 0 Å². The van der Waals surface area contributed by atoms with Crippen LogP contribution in [0.2, 0.25) is 0 Å². The number of fused-ring (bicyclic) bond motifs is 2. The summed E-state index contributed by atoms with van der Waals surface area (Å²) in [7, 11) is 0. The molecule has 21 heavy (non-hydrogen) atoms. The average molecular weight is 282 g/mol. The Bertz CT molecular complexity index is 850. The summed E-state index contributed by atoms with van der Waals surface area (Å²) in [6.07, 6.45) is 1.41. The molecule has 3 aromatic rings. The van der Waals surface area contributed by atoms with Gasteiger partial charge in [-0.15, -0.1) is 0 Å². The monoisotopic (exact) mass is 282 g/mol. The molecule has 0 spiro atoms. The first-order chi connectivity index (χ1) is 10.1.